The highest BCUT2D eigenvalue weighted by Crippen LogP contribution is 2.24. The van der Waals surface area contributed by atoms with Crippen molar-refractivity contribution in [2.75, 3.05) is 31.6 Å². The Hall–Kier alpha value is -1.79. The summed E-state index contributed by atoms with van der Waals surface area (Å²) < 4.78 is 5.36. The molecule has 3 N–H and O–H groups in total. The molecule has 1 aromatic rings. The summed E-state index contributed by atoms with van der Waals surface area (Å²) in [6.45, 7) is 6.70. The minimum absolute atomic E-state index is 0. The number of nitrogens with one attached hydrogen (secondary N) is 3. The first-order chi connectivity index (χ1) is 12.1. The molecule has 0 aliphatic carbocycles. The normalized spacial score (nSPS) is 15.5. The molecule has 7 heteroatoms. The van der Waals surface area contributed by atoms with Crippen LogP contribution in [0.1, 0.15) is 33.1 Å². The van der Waals surface area contributed by atoms with Gasteiger partial charge in [-0.3, -0.25) is 9.59 Å². The number of rotatable bonds is 8. The molecule has 1 atom stereocenters. The summed E-state index contributed by atoms with van der Waals surface area (Å²) in [5.41, 5.74) is 0.686. The molecule has 1 aliphatic heterocycles. The molecule has 0 aromatic heterocycles. The Bertz CT molecular complexity index is 560. The summed E-state index contributed by atoms with van der Waals surface area (Å²) in [5.74, 6) is 1.40. The predicted molar refractivity (Wildman–Crippen MR) is 106 cm³/mol. The number of halogens is 1. The van der Waals surface area contributed by atoms with E-state index in [2.05, 4.69) is 22.9 Å². The van der Waals surface area contributed by atoms with Crippen LogP contribution in [-0.4, -0.2) is 38.1 Å². The van der Waals surface area contributed by atoms with Gasteiger partial charge in [0, 0.05) is 12.1 Å². The van der Waals surface area contributed by atoms with E-state index in [1.54, 1.807) is 24.3 Å². The van der Waals surface area contributed by atoms with Crippen LogP contribution in [0, 0.1) is 11.8 Å². The zero-order chi connectivity index (χ0) is 18.1. The maximum Gasteiger partial charge on any atom is 0.243 e. The topological polar surface area (TPSA) is 79.5 Å². The minimum Gasteiger partial charge on any atom is -0.494 e. The number of benzene rings is 1. The maximum atomic E-state index is 12.0. The molecule has 1 heterocycles. The number of carbonyl (C=O) groups is 2. The highest BCUT2D eigenvalue weighted by molar-refractivity contribution is 5.94. The number of hydrogen-bond acceptors (Lipinski definition) is 4. The lowest BCUT2D eigenvalue weighted by Gasteiger charge is -2.27. The second-order valence-electron chi connectivity index (χ2n) is 6.55. The van der Waals surface area contributed by atoms with Gasteiger partial charge in [-0.15, -0.1) is 12.4 Å². The third kappa shape index (κ3) is 7.62. The number of ether oxygens (including phenoxy) is 1. The third-order valence-corrected chi connectivity index (χ3v) is 4.59. The van der Waals surface area contributed by atoms with E-state index < -0.39 is 0 Å². The Kier molecular flexibility index (Phi) is 10.1. The van der Waals surface area contributed by atoms with Crippen LogP contribution >= 0.6 is 12.4 Å². The van der Waals surface area contributed by atoms with Crippen LogP contribution < -0.4 is 20.7 Å². The van der Waals surface area contributed by atoms with Crippen LogP contribution in [-0.2, 0) is 9.59 Å². The number of amides is 2. The third-order valence-electron chi connectivity index (χ3n) is 4.59. The van der Waals surface area contributed by atoms with Crippen LogP contribution in [0.25, 0.3) is 0 Å². The molecular weight excluding hydrogens is 354 g/mol. The zero-order valence-corrected chi connectivity index (χ0v) is 16.4. The van der Waals surface area contributed by atoms with Crippen molar-refractivity contribution in [3.8, 4) is 5.75 Å². The molecular formula is C19H30ClN3O3. The zero-order valence-electron chi connectivity index (χ0n) is 15.5. The Morgan fingerprint density at radius 1 is 1.19 bits per heavy atom. The van der Waals surface area contributed by atoms with Crippen molar-refractivity contribution in [2.24, 2.45) is 11.8 Å². The van der Waals surface area contributed by atoms with Crippen LogP contribution in [0.2, 0.25) is 0 Å². The van der Waals surface area contributed by atoms with Gasteiger partial charge in [-0.1, -0.05) is 6.92 Å². The van der Waals surface area contributed by atoms with Gasteiger partial charge >= 0.3 is 0 Å². The molecule has 2 rings (SSSR count). The van der Waals surface area contributed by atoms with Gasteiger partial charge in [0.2, 0.25) is 11.8 Å². The Morgan fingerprint density at radius 2 is 1.85 bits per heavy atom. The fourth-order valence-electron chi connectivity index (χ4n) is 3.13. The average molecular weight is 384 g/mol. The van der Waals surface area contributed by atoms with Gasteiger partial charge in [0.1, 0.15) is 5.75 Å². The monoisotopic (exact) mass is 383 g/mol. The van der Waals surface area contributed by atoms with Crippen molar-refractivity contribution in [3.63, 3.8) is 0 Å². The van der Waals surface area contributed by atoms with E-state index in [1.807, 2.05) is 6.92 Å². The summed E-state index contributed by atoms with van der Waals surface area (Å²) in [4.78, 5) is 24.0. The van der Waals surface area contributed by atoms with Gasteiger partial charge in [0.15, 0.2) is 0 Å². The van der Waals surface area contributed by atoms with Crippen molar-refractivity contribution in [3.05, 3.63) is 24.3 Å². The molecule has 1 saturated heterocycles. The summed E-state index contributed by atoms with van der Waals surface area (Å²) in [6, 6.07) is 7.17. The van der Waals surface area contributed by atoms with E-state index >= 15 is 0 Å². The second-order valence-corrected chi connectivity index (χ2v) is 6.55. The van der Waals surface area contributed by atoms with Crippen molar-refractivity contribution in [1.29, 1.82) is 0 Å². The van der Waals surface area contributed by atoms with Crippen molar-refractivity contribution in [1.82, 2.24) is 10.6 Å². The number of carbonyl (C=O) groups excluding carboxylic acids is 2. The van der Waals surface area contributed by atoms with Crippen LogP contribution in [0.3, 0.4) is 0 Å². The van der Waals surface area contributed by atoms with Gasteiger partial charge in [-0.05, 0) is 69.0 Å². The van der Waals surface area contributed by atoms with Crippen LogP contribution in [0.15, 0.2) is 24.3 Å². The molecule has 2 amide bonds. The van der Waals surface area contributed by atoms with E-state index in [-0.39, 0.29) is 30.8 Å². The fraction of sp³-hybridized carbons (Fsp3) is 0.579. The first kappa shape index (κ1) is 22.3. The van der Waals surface area contributed by atoms with Crippen LogP contribution in [0.5, 0.6) is 5.75 Å². The summed E-state index contributed by atoms with van der Waals surface area (Å²) >= 11 is 0. The highest BCUT2D eigenvalue weighted by atomic mass is 35.5. The van der Waals surface area contributed by atoms with Gasteiger partial charge in [0.05, 0.1) is 13.2 Å². The van der Waals surface area contributed by atoms with E-state index in [0.29, 0.717) is 30.6 Å². The largest absolute Gasteiger partial charge is 0.494 e. The Morgan fingerprint density at radius 3 is 2.46 bits per heavy atom. The number of piperidine rings is 1. The minimum atomic E-state index is -0.230. The molecule has 0 saturated carbocycles. The van der Waals surface area contributed by atoms with E-state index in [4.69, 9.17) is 4.74 Å². The predicted octanol–water partition coefficient (Wildman–Crippen LogP) is 2.59. The highest BCUT2D eigenvalue weighted by Gasteiger charge is 2.22. The second kappa shape index (κ2) is 11.8. The first-order valence-corrected chi connectivity index (χ1v) is 9.08. The summed E-state index contributed by atoms with van der Waals surface area (Å²) in [6.07, 6.45) is 2.71. The lowest BCUT2D eigenvalue weighted by molar-refractivity contribution is -0.125. The van der Waals surface area contributed by atoms with Crippen molar-refractivity contribution in [2.45, 2.75) is 33.1 Å². The lowest BCUT2D eigenvalue weighted by atomic mass is 9.84. The molecule has 0 spiro atoms. The summed E-state index contributed by atoms with van der Waals surface area (Å²) in [7, 11) is 0. The fourth-order valence-corrected chi connectivity index (χ4v) is 3.13. The Balaban J connectivity index is 0.00000338. The lowest BCUT2D eigenvalue weighted by Crippen LogP contribution is -2.36. The van der Waals surface area contributed by atoms with Gasteiger partial charge in [0.25, 0.3) is 0 Å². The van der Waals surface area contributed by atoms with Gasteiger partial charge < -0.3 is 20.7 Å². The van der Waals surface area contributed by atoms with Gasteiger partial charge in [-0.25, -0.2) is 0 Å². The average Bonchev–Trinajstić information content (AvgIpc) is 2.62. The number of anilines is 1. The Labute approximate surface area is 161 Å². The number of hydrogen-bond donors (Lipinski definition) is 3. The first-order valence-electron chi connectivity index (χ1n) is 9.08. The van der Waals surface area contributed by atoms with E-state index in [0.717, 1.165) is 31.7 Å². The molecule has 1 aliphatic rings. The molecule has 146 valence electrons. The van der Waals surface area contributed by atoms with E-state index in [9.17, 15) is 9.59 Å². The smallest absolute Gasteiger partial charge is 0.243 e. The quantitative estimate of drug-likeness (QED) is 0.644. The standard InChI is InChI=1S/C19H29N3O3.ClH/c1-3-25-17-6-4-16(5-7-17)22-19(24)13-21-18(23)12-14(2)15-8-10-20-11-9-15;/h4-7,14-15,20H,3,8-13H2,1-2H3,(H,21,23)(H,22,24);1H. The SMILES string of the molecule is CCOc1ccc(NC(=O)CNC(=O)CC(C)C2CCNCC2)cc1.Cl. The molecule has 1 fully saturated rings. The van der Waals surface area contributed by atoms with Crippen molar-refractivity contribution >= 4 is 29.9 Å². The maximum absolute atomic E-state index is 12.0. The molecule has 1 unspecified atom stereocenters. The van der Waals surface area contributed by atoms with Crippen LogP contribution in [0.4, 0.5) is 5.69 Å². The van der Waals surface area contributed by atoms with Crippen molar-refractivity contribution < 1.29 is 14.3 Å². The molecule has 6 nitrogen and oxygen atoms in total. The molecule has 26 heavy (non-hydrogen) atoms. The van der Waals surface area contributed by atoms with Gasteiger partial charge in [-0.2, -0.15) is 0 Å². The van der Waals surface area contributed by atoms with E-state index in [1.165, 1.54) is 0 Å². The molecule has 0 radical (unpaired) electrons. The molecule has 1 aromatic carbocycles. The molecule has 0 bridgehead atoms. The summed E-state index contributed by atoms with van der Waals surface area (Å²) in [5, 5.41) is 8.81.